The minimum atomic E-state index is -0.489. The highest BCUT2D eigenvalue weighted by atomic mass is 32.1. The molecule has 1 N–H and O–H groups in total. The van der Waals surface area contributed by atoms with Crippen molar-refractivity contribution in [2.75, 3.05) is 44.2 Å². The number of likely N-dealkylation sites (tertiary alicyclic amines) is 1. The van der Waals surface area contributed by atoms with Crippen LogP contribution in [0, 0.1) is 18.8 Å². The Hall–Kier alpha value is -3.24. The number of carbonyl (C=O) groups is 2. The number of benzene rings is 1. The Labute approximate surface area is 265 Å². The molecule has 6 rings (SSSR count). The van der Waals surface area contributed by atoms with E-state index in [4.69, 9.17) is 4.52 Å². The summed E-state index contributed by atoms with van der Waals surface area (Å²) in [5.74, 6) is 1.64. The van der Waals surface area contributed by atoms with E-state index in [1.807, 2.05) is 39.3 Å². The molecule has 9 nitrogen and oxygen atoms in total. The van der Waals surface area contributed by atoms with Crippen molar-refractivity contribution in [1.82, 2.24) is 25.3 Å². The quantitative estimate of drug-likeness (QED) is 0.314. The molecule has 3 aromatic rings. The fourth-order valence-corrected chi connectivity index (χ4v) is 7.70. The maximum atomic E-state index is 14.0. The molecule has 0 spiro atoms. The number of nitrogens with zero attached hydrogens (tertiary/aromatic N) is 5. The third-order valence-corrected chi connectivity index (χ3v) is 10.8. The number of anilines is 1. The number of aryl methyl sites for hydroxylation is 1. The Balaban J connectivity index is 1.07. The SMILES string of the molecule is Cc1ncsc1-c1ccc(C(C)NC(=O)C2CCCN2C(=O)C(c2cc(N3CCN(CC4CCC4)CC3)no2)C(C)C)cc1. The molecule has 1 aliphatic carbocycles. The molecule has 2 saturated heterocycles. The first-order valence-corrected chi connectivity index (χ1v) is 17.2. The fraction of sp³-hybridized carbons (Fsp3) is 0.588. The molecule has 2 aromatic heterocycles. The molecule has 0 bridgehead atoms. The smallest absolute Gasteiger partial charge is 0.243 e. The van der Waals surface area contributed by atoms with Crippen LogP contribution < -0.4 is 10.2 Å². The highest BCUT2D eigenvalue weighted by Crippen LogP contribution is 2.34. The Morgan fingerprint density at radius 1 is 1.02 bits per heavy atom. The van der Waals surface area contributed by atoms with E-state index in [0.29, 0.717) is 18.7 Å². The van der Waals surface area contributed by atoms with Crippen LogP contribution in [0.2, 0.25) is 0 Å². The van der Waals surface area contributed by atoms with Gasteiger partial charge in [0.1, 0.15) is 12.0 Å². The number of piperazine rings is 1. The molecule has 3 aliphatic rings. The van der Waals surface area contributed by atoms with Crippen molar-refractivity contribution in [2.45, 2.75) is 77.8 Å². The van der Waals surface area contributed by atoms with Crippen molar-refractivity contribution in [1.29, 1.82) is 0 Å². The minimum Gasteiger partial charge on any atom is -0.358 e. The number of carbonyl (C=O) groups excluding carboxylic acids is 2. The summed E-state index contributed by atoms with van der Waals surface area (Å²) in [6.45, 7) is 13.8. The molecule has 3 fully saturated rings. The van der Waals surface area contributed by atoms with Gasteiger partial charge in [0, 0.05) is 45.3 Å². The molecule has 1 aromatic carbocycles. The van der Waals surface area contributed by atoms with E-state index >= 15 is 0 Å². The van der Waals surface area contributed by atoms with E-state index in [9.17, 15) is 9.59 Å². The molecule has 236 valence electrons. The number of thiazole rings is 1. The second-order valence-corrected chi connectivity index (χ2v) is 14.1. The number of rotatable bonds is 10. The van der Waals surface area contributed by atoms with Gasteiger partial charge in [-0.15, -0.1) is 11.3 Å². The Morgan fingerprint density at radius 3 is 2.41 bits per heavy atom. The average molecular weight is 619 g/mol. The molecule has 3 atom stereocenters. The van der Waals surface area contributed by atoms with Gasteiger partial charge in [-0.25, -0.2) is 4.98 Å². The molecule has 4 heterocycles. The van der Waals surface area contributed by atoms with Crippen LogP contribution in [0.4, 0.5) is 5.82 Å². The van der Waals surface area contributed by atoms with Crippen LogP contribution in [0.3, 0.4) is 0 Å². The van der Waals surface area contributed by atoms with Gasteiger partial charge in [-0.1, -0.05) is 49.7 Å². The molecular formula is C34H46N6O3S. The van der Waals surface area contributed by atoms with Crippen LogP contribution in [0.25, 0.3) is 10.4 Å². The number of hydrogen-bond acceptors (Lipinski definition) is 8. The minimum absolute atomic E-state index is 0.00607. The highest BCUT2D eigenvalue weighted by molar-refractivity contribution is 7.13. The Kier molecular flexibility index (Phi) is 9.37. The van der Waals surface area contributed by atoms with E-state index in [1.165, 1.54) is 25.8 Å². The van der Waals surface area contributed by atoms with Crippen LogP contribution in [0.1, 0.15) is 81.9 Å². The lowest BCUT2D eigenvalue weighted by atomic mass is 9.85. The molecule has 2 amide bonds. The summed E-state index contributed by atoms with van der Waals surface area (Å²) in [5.41, 5.74) is 5.04. The monoisotopic (exact) mass is 618 g/mol. The summed E-state index contributed by atoms with van der Waals surface area (Å²) in [7, 11) is 0. The summed E-state index contributed by atoms with van der Waals surface area (Å²) in [4.78, 5) is 39.7. The average Bonchev–Trinajstić information content (AvgIpc) is 3.77. The summed E-state index contributed by atoms with van der Waals surface area (Å²) in [6.07, 6.45) is 5.59. The van der Waals surface area contributed by atoms with Crippen LogP contribution in [-0.2, 0) is 9.59 Å². The normalized spacial score (nSPS) is 21.0. The first-order valence-electron chi connectivity index (χ1n) is 16.3. The summed E-state index contributed by atoms with van der Waals surface area (Å²) >= 11 is 1.63. The van der Waals surface area contributed by atoms with Gasteiger partial charge < -0.3 is 19.6 Å². The Bertz CT molecular complexity index is 1420. The molecule has 1 saturated carbocycles. The van der Waals surface area contributed by atoms with Crippen molar-refractivity contribution in [3.05, 3.63) is 52.9 Å². The van der Waals surface area contributed by atoms with Gasteiger partial charge in [0.05, 0.1) is 22.1 Å². The lowest BCUT2D eigenvalue weighted by molar-refractivity contribution is -0.141. The first kappa shape index (κ1) is 30.8. The third-order valence-electron chi connectivity index (χ3n) is 9.81. The van der Waals surface area contributed by atoms with E-state index in [0.717, 1.165) is 66.0 Å². The maximum Gasteiger partial charge on any atom is 0.243 e. The van der Waals surface area contributed by atoms with Gasteiger partial charge in [0.15, 0.2) is 11.6 Å². The van der Waals surface area contributed by atoms with Gasteiger partial charge in [-0.2, -0.15) is 0 Å². The number of hydrogen-bond donors (Lipinski definition) is 1. The summed E-state index contributed by atoms with van der Waals surface area (Å²) in [6, 6.07) is 9.56. The van der Waals surface area contributed by atoms with Crippen LogP contribution in [0.5, 0.6) is 0 Å². The van der Waals surface area contributed by atoms with Gasteiger partial charge in [0.25, 0.3) is 0 Å². The van der Waals surface area contributed by atoms with Crippen molar-refractivity contribution < 1.29 is 14.1 Å². The largest absolute Gasteiger partial charge is 0.358 e. The predicted molar refractivity (Wildman–Crippen MR) is 174 cm³/mol. The zero-order valence-electron chi connectivity index (χ0n) is 26.5. The van der Waals surface area contributed by atoms with Crippen molar-refractivity contribution in [3.8, 4) is 10.4 Å². The second-order valence-electron chi connectivity index (χ2n) is 13.2. The maximum absolute atomic E-state index is 14.0. The molecule has 2 aliphatic heterocycles. The molecule has 0 radical (unpaired) electrons. The van der Waals surface area contributed by atoms with Crippen LogP contribution in [-0.4, -0.2) is 77.1 Å². The number of aromatic nitrogens is 2. The van der Waals surface area contributed by atoms with E-state index < -0.39 is 12.0 Å². The summed E-state index contributed by atoms with van der Waals surface area (Å²) < 4.78 is 5.85. The van der Waals surface area contributed by atoms with Crippen LogP contribution in [0.15, 0.2) is 40.4 Å². The van der Waals surface area contributed by atoms with E-state index in [2.05, 4.69) is 49.5 Å². The van der Waals surface area contributed by atoms with Crippen molar-refractivity contribution in [2.24, 2.45) is 11.8 Å². The lowest BCUT2D eigenvalue weighted by Crippen LogP contribution is -2.48. The number of nitrogens with one attached hydrogen (secondary N) is 1. The lowest BCUT2D eigenvalue weighted by Gasteiger charge is -2.38. The molecule has 44 heavy (non-hydrogen) atoms. The standard InChI is InChI=1S/C34H46N6O3S/c1-22(2)31(29-19-30(37-43-29)39-17-15-38(16-18-39)20-25-7-5-8-25)34(42)40-14-6-9-28(40)33(41)36-23(3)26-10-12-27(13-11-26)32-24(4)35-21-44-32/h10-13,19,21-23,25,28,31H,5-9,14-18,20H2,1-4H3,(H,36,41). The summed E-state index contributed by atoms with van der Waals surface area (Å²) in [5, 5.41) is 7.58. The fourth-order valence-electron chi connectivity index (χ4n) is 6.89. The van der Waals surface area contributed by atoms with Gasteiger partial charge in [0.2, 0.25) is 11.8 Å². The van der Waals surface area contributed by atoms with Gasteiger partial charge in [-0.05, 0) is 62.5 Å². The number of amides is 2. The molecule has 10 heteroatoms. The topological polar surface area (TPSA) is 94.8 Å². The Morgan fingerprint density at radius 2 is 1.77 bits per heavy atom. The van der Waals surface area contributed by atoms with E-state index in [-0.39, 0.29) is 23.8 Å². The molecular weight excluding hydrogens is 572 g/mol. The molecule has 3 unspecified atom stereocenters. The zero-order chi connectivity index (χ0) is 30.8. The van der Waals surface area contributed by atoms with Crippen LogP contribution >= 0.6 is 11.3 Å². The third kappa shape index (κ3) is 6.56. The zero-order valence-corrected chi connectivity index (χ0v) is 27.3. The van der Waals surface area contributed by atoms with Crippen molar-refractivity contribution in [3.63, 3.8) is 0 Å². The first-order chi connectivity index (χ1) is 21.3. The predicted octanol–water partition coefficient (Wildman–Crippen LogP) is 5.64. The highest BCUT2D eigenvalue weighted by Gasteiger charge is 2.40. The van der Waals surface area contributed by atoms with Crippen molar-refractivity contribution >= 4 is 29.0 Å². The van der Waals surface area contributed by atoms with E-state index in [1.54, 1.807) is 16.2 Å². The van der Waals surface area contributed by atoms with Gasteiger partial charge in [-0.3, -0.25) is 14.5 Å². The second kappa shape index (κ2) is 13.4. The van der Waals surface area contributed by atoms with Gasteiger partial charge >= 0.3 is 0 Å².